The molecule has 3 aromatic heterocycles. The van der Waals surface area contributed by atoms with Crippen molar-refractivity contribution in [3.63, 3.8) is 0 Å². The van der Waals surface area contributed by atoms with Crippen LogP contribution in [0.4, 0.5) is 19.0 Å². The summed E-state index contributed by atoms with van der Waals surface area (Å²) >= 11 is 1.50. The zero-order chi connectivity index (χ0) is 29.6. The molecule has 4 heterocycles. The summed E-state index contributed by atoms with van der Waals surface area (Å²) in [6, 6.07) is 14.3. The number of ether oxygens (including phenoxy) is 1. The molecule has 0 saturated carbocycles. The van der Waals surface area contributed by atoms with Gasteiger partial charge in [-0.15, -0.1) is 0 Å². The summed E-state index contributed by atoms with van der Waals surface area (Å²) in [5.74, 6) is 1.70. The Kier molecular flexibility index (Phi) is 7.43. The number of anilines is 1. The number of alkyl halides is 3. The molecule has 1 aliphatic heterocycles. The molecular weight excluding hydrogens is 571 g/mol. The molecule has 5 aromatic rings. The Morgan fingerprint density at radius 3 is 2.45 bits per heavy atom. The van der Waals surface area contributed by atoms with Gasteiger partial charge in [0.1, 0.15) is 30.0 Å². The predicted octanol–water partition coefficient (Wildman–Crippen LogP) is 5.22. The number of aryl methyl sites for hydroxylation is 1. The van der Waals surface area contributed by atoms with E-state index >= 15 is 0 Å². The first-order valence-corrected chi connectivity index (χ1v) is 14.2. The molecule has 1 fully saturated rings. The van der Waals surface area contributed by atoms with Crippen LogP contribution in [-0.4, -0.2) is 54.0 Å². The summed E-state index contributed by atoms with van der Waals surface area (Å²) in [4.78, 5) is 8.36. The third-order valence-electron chi connectivity index (χ3n) is 7.32. The number of nitrogens with zero attached hydrogens (tertiary/aromatic N) is 4. The fourth-order valence-electron chi connectivity index (χ4n) is 5.11. The molecule has 0 amide bonds. The van der Waals surface area contributed by atoms with Gasteiger partial charge in [-0.05, 0) is 24.6 Å². The number of nitrogens with two attached hydrogens (primary N) is 1. The van der Waals surface area contributed by atoms with Gasteiger partial charge in [0.05, 0.1) is 22.7 Å². The van der Waals surface area contributed by atoms with Gasteiger partial charge in [0.15, 0.2) is 12.0 Å². The Hall–Kier alpha value is -3.91. The lowest BCUT2D eigenvalue weighted by Gasteiger charge is -2.17. The van der Waals surface area contributed by atoms with E-state index in [9.17, 15) is 23.4 Å². The van der Waals surface area contributed by atoms with Crippen LogP contribution < -0.4 is 5.73 Å². The van der Waals surface area contributed by atoms with Crippen LogP contribution in [0.3, 0.4) is 0 Å². The third-order valence-corrected chi connectivity index (χ3v) is 8.38. The van der Waals surface area contributed by atoms with Crippen molar-refractivity contribution in [2.75, 3.05) is 11.5 Å². The lowest BCUT2D eigenvalue weighted by atomic mass is 10.0. The summed E-state index contributed by atoms with van der Waals surface area (Å²) in [5.41, 5.74) is 9.21. The van der Waals surface area contributed by atoms with Crippen LogP contribution in [0.2, 0.25) is 0 Å². The summed E-state index contributed by atoms with van der Waals surface area (Å²) in [7, 11) is 0. The van der Waals surface area contributed by atoms with E-state index < -0.39 is 36.3 Å². The molecule has 0 bridgehead atoms. The Bertz CT molecular complexity index is 1710. The van der Waals surface area contributed by atoms with Crippen molar-refractivity contribution < 1.29 is 32.6 Å². The lowest BCUT2D eigenvalue weighted by Crippen LogP contribution is -2.32. The molecular formula is C29H26F3N5O4S. The average molecular weight is 598 g/mol. The first-order valence-electron chi connectivity index (χ1n) is 13.0. The molecule has 0 aliphatic carbocycles. The lowest BCUT2D eigenvalue weighted by molar-refractivity contribution is -0.137. The largest absolute Gasteiger partial charge is 0.416 e. The second-order valence-corrected chi connectivity index (χ2v) is 11.0. The highest BCUT2D eigenvalue weighted by Crippen LogP contribution is 2.40. The summed E-state index contributed by atoms with van der Waals surface area (Å²) in [6.07, 6.45) is -5.88. The maximum atomic E-state index is 13.1. The molecule has 0 radical (unpaired) electrons. The number of thioether (sulfide) groups is 1. The van der Waals surface area contributed by atoms with Crippen molar-refractivity contribution in [2.24, 2.45) is 0 Å². The van der Waals surface area contributed by atoms with Gasteiger partial charge in [0.2, 0.25) is 0 Å². The first-order chi connectivity index (χ1) is 20.1. The number of hydrogen-bond donors (Lipinski definition) is 3. The number of fused-ring (bicyclic) bond motifs is 1. The van der Waals surface area contributed by atoms with Crippen LogP contribution in [0, 0.1) is 6.92 Å². The highest BCUT2D eigenvalue weighted by atomic mass is 32.2. The number of hydrogen-bond acceptors (Lipinski definition) is 9. The number of nitrogen functional groups attached to an aromatic ring is 1. The van der Waals surface area contributed by atoms with Crippen LogP contribution in [0.1, 0.15) is 23.0 Å². The van der Waals surface area contributed by atoms with Crippen molar-refractivity contribution in [2.45, 2.75) is 43.4 Å². The van der Waals surface area contributed by atoms with Crippen LogP contribution >= 0.6 is 11.8 Å². The van der Waals surface area contributed by atoms with Crippen LogP contribution in [0.5, 0.6) is 0 Å². The van der Waals surface area contributed by atoms with E-state index in [0.717, 1.165) is 29.0 Å². The number of aliphatic hydroxyl groups is 2. The van der Waals surface area contributed by atoms with Crippen LogP contribution in [-0.2, 0) is 16.7 Å². The molecule has 218 valence electrons. The normalized spacial score (nSPS) is 20.9. The number of aliphatic hydroxyl groups excluding tert-OH is 2. The minimum Gasteiger partial charge on any atom is -0.387 e. The molecule has 6 rings (SSSR count). The monoisotopic (exact) mass is 597 g/mol. The van der Waals surface area contributed by atoms with Crippen LogP contribution in [0.25, 0.3) is 33.5 Å². The SMILES string of the molecule is Cc1noc(-c2ccccc2)c1CSC[C@H]1O[C@@H](n2cc(-c3ccc(C(F)(F)F)cc3)c3c(N)ncnc32)[C@H](O)[C@@H]1O. The van der Waals surface area contributed by atoms with Gasteiger partial charge in [-0.2, -0.15) is 24.9 Å². The summed E-state index contributed by atoms with van der Waals surface area (Å²) in [6.45, 7) is 1.87. The molecule has 1 aliphatic rings. The highest BCUT2D eigenvalue weighted by molar-refractivity contribution is 7.98. The fourth-order valence-corrected chi connectivity index (χ4v) is 6.28. The molecule has 2 aromatic carbocycles. The van der Waals surface area contributed by atoms with Crippen molar-refractivity contribution in [1.82, 2.24) is 19.7 Å². The molecule has 1 saturated heterocycles. The van der Waals surface area contributed by atoms with E-state index in [1.807, 2.05) is 37.3 Å². The summed E-state index contributed by atoms with van der Waals surface area (Å²) in [5, 5.41) is 26.4. The molecule has 4 atom stereocenters. The van der Waals surface area contributed by atoms with E-state index in [4.69, 9.17) is 15.0 Å². The van der Waals surface area contributed by atoms with E-state index in [-0.39, 0.29) is 5.82 Å². The van der Waals surface area contributed by atoms with Gasteiger partial charge in [-0.3, -0.25) is 0 Å². The minimum atomic E-state index is -4.48. The molecule has 9 nitrogen and oxygen atoms in total. The van der Waals surface area contributed by atoms with Gasteiger partial charge in [0, 0.05) is 34.4 Å². The molecule has 0 unspecified atom stereocenters. The van der Waals surface area contributed by atoms with Gasteiger partial charge in [-0.1, -0.05) is 47.6 Å². The van der Waals surface area contributed by atoms with Gasteiger partial charge >= 0.3 is 6.18 Å². The second kappa shape index (κ2) is 11.1. The Morgan fingerprint density at radius 2 is 1.74 bits per heavy atom. The zero-order valence-corrected chi connectivity index (χ0v) is 23.0. The maximum absolute atomic E-state index is 13.1. The molecule has 0 spiro atoms. The first kappa shape index (κ1) is 28.2. The highest BCUT2D eigenvalue weighted by Gasteiger charge is 2.44. The van der Waals surface area contributed by atoms with Gasteiger partial charge < -0.3 is 29.8 Å². The zero-order valence-electron chi connectivity index (χ0n) is 22.2. The number of aromatic nitrogens is 4. The Labute approximate surface area is 242 Å². The molecule has 13 heteroatoms. The van der Waals surface area contributed by atoms with Gasteiger partial charge in [-0.25, -0.2) is 9.97 Å². The minimum absolute atomic E-state index is 0.118. The number of rotatable bonds is 7. The predicted molar refractivity (Wildman–Crippen MR) is 151 cm³/mol. The second-order valence-electron chi connectivity index (χ2n) is 9.99. The smallest absolute Gasteiger partial charge is 0.387 e. The maximum Gasteiger partial charge on any atom is 0.416 e. The Morgan fingerprint density at radius 1 is 1.00 bits per heavy atom. The van der Waals surface area contributed by atoms with E-state index in [0.29, 0.717) is 39.4 Å². The quantitative estimate of drug-likeness (QED) is 0.231. The number of halogens is 3. The van der Waals surface area contributed by atoms with Crippen LogP contribution in [0.15, 0.2) is 71.6 Å². The van der Waals surface area contributed by atoms with Crippen molar-refractivity contribution in [3.8, 4) is 22.5 Å². The molecule has 42 heavy (non-hydrogen) atoms. The number of benzene rings is 2. The van der Waals surface area contributed by atoms with Crippen molar-refractivity contribution in [1.29, 1.82) is 0 Å². The van der Waals surface area contributed by atoms with Crippen molar-refractivity contribution >= 4 is 28.6 Å². The topological polar surface area (TPSA) is 132 Å². The van der Waals surface area contributed by atoms with E-state index in [1.54, 1.807) is 6.20 Å². The average Bonchev–Trinajstić information content (AvgIpc) is 3.63. The standard InChI is InChI=1S/C29H26F3N5O4S/c1-15-20(25(41-36-15)17-5-3-2-4-6-17)12-42-13-21-23(38)24(39)28(40-21)37-11-19(22-26(33)34-14-35-27(22)37)16-7-9-18(10-8-16)29(30,31)32/h2-11,14,21,23-24,28,38-39H,12-13H2,1H3,(H2,33,34,35)/t21-,23-,24-,28-/m1/s1. The third kappa shape index (κ3) is 5.13. The Balaban J connectivity index is 1.24. The van der Waals surface area contributed by atoms with Crippen molar-refractivity contribution in [3.05, 3.63) is 83.9 Å². The summed E-state index contributed by atoms with van der Waals surface area (Å²) < 4.78 is 52.6. The molecule has 4 N–H and O–H groups in total. The fraction of sp³-hybridized carbons (Fsp3) is 0.276. The van der Waals surface area contributed by atoms with E-state index in [2.05, 4.69) is 15.1 Å². The van der Waals surface area contributed by atoms with Gasteiger partial charge in [0.25, 0.3) is 0 Å². The van der Waals surface area contributed by atoms with E-state index in [1.165, 1.54) is 34.8 Å².